The zero-order valence-electron chi connectivity index (χ0n) is 22.9. The molecule has 11 nitrogen and oxygen atoms in total. The fourth-order valence-electron chi connectivity index (χ4n) is 5.80. The van der Waals surface area contributed by atoms with Crippen LogP contribution in [0, 0.1) is 0 Å². The molecule has 4 aromatic rings. The first-order chi connectivity index (χ1) is 20.5. The van der Waals surface area contributed by atoms with Gasteiger partial charge in [-0.1, -0.05) is 0 Å². The Kier molecular flexibility index (Phi) is 6.98. The maximum atomic E-state index is 13.1. The maximum absolute atomic E-state index is 13.1. The van der Waals surface area contributed by atoms with Gasteiger partial charge in [-0.15, -0.1) is 0 Å². The molecule has 2 aliphatic heterocycles. The van der Waals surface area contributed by atoms with Gasteiger partial charge in [-0.2, -0.15) is 13.2 Å². The Balaban J connectivity index is 1.38. The molecule has 0 spiro atoms. The van der Waals surface area contributed by atoms with Gasteiger partial charge in [0.05, 0.1) is 5.56 Å². The number of nitrogen functional groups attached to an aromatic ring is 1. The molecule has 3 aromatic heterocycles. The van der Waals surface area contributed by atoms with Crippen molar-refractivity contribution in [2.24, 2.45) is 0 Å². The number of anilines is 2. The summed E-state index contributed by atoms with van der Waals surface area (Å²) in [5.41, 5.74) is 6.51. The number of hydrogen-bond donors (Lipinski definition) is 2. The smallest absolute Gasteiger partial charge is 0.416 e. The van der Waals surface area contributed by atoms with E-state index in [0.29, 0.717) is 35.6 Å². The number of carbonyl (C=O) groups is 3. The maximum Gasteiger partial charge on any atom is 0.416 e. The Hall–Kier alpha value is -5.01. The van der Waals surface area contributed by atoms with E-state index in [1.807, 2.05) is 9.30 Å². The molecule has 3 N–H and O–H groups in total. The topological polar surface area (TPSA) is 145 Å². The zero-order valence-corrected chi connectivity index (χ0v) is 22.9. The average molecular weight is 594 g/mol. The molecule has 0 radical (unpaired) electrons. The summed E-state index contributed by atoms with van der Waals surface area (Å²) in [5.74, 6) is -0.851. The molecule has 2 saturated heterocycles. The first-order valence-corrected chi connectivity index (χ1v) is 13.6. The summed E-state index contributed by atoms with van der Waals surface area (Å²) in [6, 6.07) is 5.99. The highest BCUT2D eigenvalue weighted by Gasteiger charge is 2.38. The molecule has 6 rings (SSSR count). The van der Waals surface area contributed by atoms with Gasteiger partial charge in [0, 0.05) is 61.6 Å². The summed E-state index contributed by atoms with van der Waals surface area (Å²) in [6.45, 7) is 1.71. The number of benzene rings is 1. The number of esters is 1. The van der Waals surface area contributed by atoms with Crippen molar-refractivity contribution in [1.82, 2.24) is 24.3 Å². The molecular formula is C29H26F3N7O4. The number of pyridine rings is 1. The summed E-state index contributed by atoms with van der Waals surface area (Å²) in [4.78, 5) is 52.4. The number of halogens is 3. The van der Waals surface area contributed by atoms with Gasteiger partial charge in [-0.25, -0.2) is 15.0 Å². The Morgan fingerprint density at radius 2 is 1.91 bits per heavy atom. The Morgan fingerprint density at radius 1 is 1.09 bits per heavy atom. The lowest BCUT2D eigenvalue weighted by Gasteiger charge is -2.34. The van der Waals surface area contributed by atoms with Crippen molar-refractivity contribution in [3.8, 4) is 17.0 Å². The molecule has 43 heavy (non-hydrogen) atoms. The lowest BCUT2D eigenvalue weighted by molar-refractivity contribution is -0.137. The highest BCUT2D eigenvalue weighted by atomic mass is 19.4. The third-order valence-corrected chi connectivity index (χ3v) is 7.77. The second-order valence-electron chi connectivity index (χ2n) is 10.5. The van der Waals surface area contributed by atoms with Crippen LogP contribution in [0.15, 0.2) is 48.9 Å². The molecule has 0 aliphatic carbocycles. The number of nitrogens with two attached hydrogens (primary N) is 1. The number of hydrogen-bond acceptors (Lipinski definition) is 8. The molecule has 222 valence electrons. The Bertz CT molecular complexity index is 1770. The quantitative estimate of drug-likeness (QED) is 0.255. The number of fused-ring (bicyclic) bond motifs is 2. The Labute approximate surface area is 242 Å². The van der Waals surface area contributed by atoms with E-state index in [-0.39, 0.29) is 40.8 Å². The molecule has 2 amide bonds. The van der Waals surface area contributed by atoms with Crippen LogP contribution in [-0.4, -0.2) is 54.6 Å². The van der Waals surface area contributed by atoms with E-state index in [0.717, 1.165) is 37.6 Å². The first-order valence-electron chi connectivity index (χ1n) is 13.6. The second-order valence-corrected chi connectivity index (χ2v) is 10.5. The molecule has 5 heterocycles. The number of carbonyl (C=O) groups excluding carboxylic acids is 3. The van der Waals surface area contributed by atoms with Crippen LogP contribution in [0.5, 0.6) is 5.75 Å². The van der Waals surface area contributed by atoms with Crippen LogP contribution < -0.4 is 15.8 Å². The van der Waals surface area contributed by atoms with Crippen LogP contribution in [0.3, 0.4) is 0 Å². The van der Waals surface area contributed by atoms with Gasteiger partial charge < -0.3 is 20.7 Å². The predicted molar refractivity (Wildman–Crippen MR) is 148 cm³/mol. The van der Waals surface area contributed by atoms with Crippen LogP contribution in [0.1, 0.15) is 60.3 Å². The monoisotopic (exact) mass is 593 g/mol. The van der Waals surface area contributed by atoms with Crippen molar-refractivity contribution in [3.63, 3.8) is 0 Å². The van der Waals surface area contributed by atoms with Gasteiger partial charge in [-0.05, 0) is 49.6 Å². The van der Waals surface area contributed by atoms with Gasteiger partial charge in [0.2, 0.25) is 5.91 Å². The average Bonchev–Trinajstić information content (AvgIpc) is 3.53. The zero-order chi connectivity index (χ0) is 30.5. The number of alkyl halides is 3. The van der Waals surface area contributed by atoms with E-state index >= 15 is 0 Å². The van der Waals surface area contributed by atoms with E-state index in [2.05, 4.69) is 15.3 Å². The minimum absolute atomic E-state index is 0.0000787. The third-order valence-electron chi connectivity index (χ3n) is 7.77. The van der Waals surface area contributed by atoms with E-state index in [4.69, 9.17) is 15.5 Å². The normalized spacial score (nSPS) is 18.5. The number of rotatable bonds is 5. The van der Waals surface area contributed by atoms with Crippen molar-refractivity contribution < 1.29 is 32.3 Å². The van der Waals surface area contributed by atoms with E-state index in [1.165, 1.54) is 25.1 Å². The van der Waals surface area contributed by atoms with Crippen LogP contribution >= 0.6 is 0 Å². The van der Waals surface area contributed by atoms with Crippen LogP contribution in [-0.2, 0) is 15.8 Å². The second kappa shape index (κ2) is 10.7. The largest absolute Gasteiger partial charge is 0.426 e. The highest BCUT2D eigenvalue weighted by molar-refractivity contribution is 6.05. The summed E-state index contributed by atoms with van der Waals surface area (Å²) < 4.78 is 46.6. The molecule has 2 unspecified atom stereocenters. The molecule has 0 saturated carbocycles. The minimum Gasteiger partial charge on any atom is -0.426 e. The van der Waals surface area contributed by atoms with Gasteiger partial charge in [0.1, 0.15) is 34.4 Å². The molecule has 0 bridgehead atoms. The number of nitrogens with one attached hydrogen (secondary N) is 1. The highest BCUT2D eigenvalue weighted by Crippen LogP contribution is 2.40. The molecule has 14 heteroatoms. The van der Waals surface area contributed by atoms with Crippen molar-refractivity contribution in [1.29, 1.82) is 0 Å². The summed E-state index contributed by atoms with van der Waals surface area (Å²) in [5, 5.41) is 2.35. The summed E-state index contributed by atoms with van der Waals surface area (Å²) >= 11 is 0. The molecule has 1 aromatic carbocycles. The van der Waals surface area contributed by atoms with Crippen molar-refractivity contribution in [2.75, 3.05) is 17.6 Å². The van der Waals surface area contributed by atoms with Crippen molar-refractivity contribution >= 4 is 34.9 Å². The third kappa shape index (κ3) is 5.35. The summed E-state index contributed by atoms with van der Waals surface area (Å²) in [7, 11) is 0. The Morgan fingerprint density at radius 3 is 2.67 bits per heavy atom. The number of aromatic nitrogens is 4. The number of nitrogens with zero attached hydrogens (tertiary/aromatic N) is 5. The van der Waals surface area contributed by atoms with E-state index < -0.39 is 23.6 Å². The van der Waals surface area contributed by atoms with Crippen LogP contribution in [0.25, 0.3) is 16.8 Å². The number of piperidine rings is 1. The SMILES string of the molecule is CC(=O)Oc1cc(C(=O)Nc2cc(C(F)(F)F)ccn2)ccc1-c1nc(C2CCC3CCC(=O)N3C2)n2ccnc(N)c12. The lowest BCUT2D eigenvalue weighted by Crippen LogP contribution is -2.41. The fourth-order valence-corrected chi connectivity index (χ4v) is 5.80. The lowest BCUT2D eigenvalue weighted by atomic mass is 9.92. The van der Waals surface area contributed by atoms with Gasteiger partial charge in [0.15, 0.2) is 0 Å². The molecule has 2 aliphatic rings. The van der Waals surface area contributed by atoms with E-state index in [9.17, 15) is 27.6 Å². The number of ether oxygens (including phenoxy) is 1. The molecule has 2 fully saturated rings. The van der Waals surface area contributed by atoms with Crippen LogP contribution in [0.2, 0.25) is 0 Å². The number of amides is 2. The van der Waals surface area contributed by atoms with Gasteiger partial charge >= 0.3 is 12.1 Å². The number of imidazole rings is 1. The van der Waals surface area contributed by atoms with Gasteiger partial charge in [-0.3, -0.25) is 18.8 Å². The molecular weight excluding hydrogens is 567 g/mol. The van der Waals surface area contributed by atoms with E-state index in [1.54, 1.807) is 12.4 Å². The van der Waals surface area contributed by atoms with Crippen LogP contribution in [0.4, 0.5) is 24.8 Å². The van der Waals surface area contributed by atoms with Gasteiger partial charge in [0.25, 0.3) is 5.91 Å². The minimum atomic E-state index is -4.61. The molecule has 2 atom stereocenters. The summed E-state index contributed by atoms with van der Waals surface area (Å²) in [6.07, 6.45) is 2.66. The van der Waals surface area contributed by atoms with Crippen molar-refractivity contribution in [3.05, 3.63) is 65.9 Å². The first kappa shape index (κ1) is 28.1. The fraction of sp³-hybridized carbons (Fsp3) is 0.310. The standard InChI is InChI=1S/C29H26F3N7O4/c1-15(40)43-21-12-16(28(42)36-22-13-18(8-9-34-22)29(30,31)32)3-6-20(21)24-25-26(33)35-10-11-38(25)27(37-24)17-2-4-19-5-7-23(41)39(19)14-17/h3,6,8-13,17,19H,2,4-5,7,14H2,1H3,(H2,33,35)(H,34,36,42). The predicted octanol–water partition coefficient (Wildman–Crippen LogP) is 4.44. The van der Waals surface area contributed by atoms with Crippen molar-refractivity contribution in [2.45, 2.75) is 50.7 Å².